The first-order chi connectivity index (χ1) is 8.20. The highest BCUT2D eigenvalue weighted by Gasteiger charge is 2.06. The van der Waals surface area contributed by atoms with Crippen LogP contribution in [-0.2, 0) is 20.1 Å². The van der Waals surface area contributed by atoms with Crippen LogP contribution < -0.4 is 5.32 Å². The summed E-state index contributed by atoms with van der Waals surface area (Å²) in [5, 5.41) is 7.67. The maximum atomic E-state index is 4.35. The van der Waals surface area contributed by atoms with Crippen molar-refractivity contribution < 1.29 is 0 Å². The molecule has 92 valence electrons. The Bertz CT molecular complexity index is 483. The molecule has 0 bridgehead atoms. The summed E-state index contributed by atoms with van der Waals surface area (Å²) in [4.78, 5) is 4.20. The lowest BCUT2D eigenvalue weighted by atomic mass is 10.2. The van der Waals surface area contributed by atoms with Crippen LogP contribution in [0, 0.1) is 6.92 Å². The number of hydrogen-bond donors (Lipinski definition) is 1. The highest BCUT2D eigenvalue weighted by molar-refractivity contribution is 5.16. The summed E-state index contributed by atoms with van der Waals surface area (Å²) in [5.74, 6) is 0. The Morgan fingerprint density at radius 2 is 2.24 bits per heavy atom. The van der Waals surface area contributed by atoms with Crippen molar-refractivity contribution in [2.24, 2.45) is 7.05 Å². The highest BCUT2D eigenvalue weighted by Crippen LogP contribution is 2.09. The molecule has 0 aromatic carbocycles. The standard InChI is InChI=1S/C12H19N5/c1-4-13-5-12-6-14-9-17(12)8-11-7-16(3)15-10(11)2/h6-7,9,13H,4-5,8H2,1-3H3. The van der Waals surface area contributed by atoms with Crippen molar-refractivity contribution in [1.29, 1.82) is 0 Å². The number of hydrogen-bond acceptors (Lipinski definition) is 3. The second-order valence-electron chi connectivity index (χ2n) is 4.21. The normalized spacial score (nSPS) is 11.0. The molecule has 0 radical (unpaired) electrons. The average Bonchev–Trinajstić information content (AvgIpc) is 2.84. The molecule has 0 saturated heterocycles. The molecule has 1 N–H and O–H groups in total. The van der Waals surface area contributed by atoms with Gasteiger partial charge in [0.1, 0.15) is 0 Å². The predicted molar refractivity (Wildman–Crippen MR) is 66.7 cm³/mol. The fourth-order valence-corrected chi connectivity index (χ4v) is 1.88. The highest BCUT2D eigenvalue weighted by atomic mass is 15.3. The van der Waals surface area contributed by atoms with Gasteiger partial charge in [0, 0.05) is 31.5 Å². The molecule has 0 atom stereocenters. The molecule has 0 fully saturated rings. The summed E-state index contributed by atoms with van der Waals surface area (Å²) >= 11 is 0. The minimum absolute atomic E-state index is 0.834. The molecule has 0 spiro atoms. The van der Waals surface area contributed by atoms with Gasteiger partial charge in [-0.1, -0.05) is 6.92 Å². The second kappa shape index (κ2) is 5.14. The van der Waals surface area contributed by atoms with E-state index in [0.717, 1.165) is 25.3 Å². The maximum Gasteiger partial charge on any atom is 0.0951 e. The number of imidazole rings is 1. The van der Waals surface area contributed by atoms with E-state index in [0.29, 0.717) is 0 Å². The van der Waals surface area contributed by atoms with Crippen LogP contribution in [0.1, 0.15) is 23.9 Å². The molecule has 2 heterocycles. The third-order valence-corrected chi connectivity index (χ3v) is 2.81. The van der Waals surface area contributed by atoms with Crippen molar-refractivity contribution in [1.82, 2.24) is 24.6 Å². The fourth-order valence-electron chi connectivity index (χ4n) is 1.88. The molecule has 5 nitrogen and oxygen atoms in total. The van der Waals surface area contributed by atoms with Gasteiger partial charge in [-0.15, -0.1) is 0 Å². The zero-order valence-corrected chi connectivity index (χ0v) is 10.6. The molecular weight excluding hydrogens is 214 g/mol. The minimum Gasteiger partial charge on any atom is -0.329 e. The van der Waals surface area contributed by atoms with Crippen LogP contribution >= 0.6 is 0 Å². The number of nitrogens with zero attached hydrogens (tertiary/aromatic N) is 4. The molecule has 0 aliphatic rings. The van der Waals surface area contributed by atoms with Gasteiger partial charge in [0.25, 0.3) is 0 Å². The molecule has 0 amide bonds. The summed E-state index contributed by atoms with van der Waals surface area (Å²) in [6.45, 7) is 6.80. The SMILES string of the molecule is CCNCc1cncn1Cc1cn(C)nc1C. The Morgan fingerprint density at radius 1 is 1.41 bits per heavy atom. The molecule has 0 aliphatic carbocycles. The summed E-state index contributed by atoms with van der Waals surface area (Å²) < 4.78 is 4.01. The van der Waals surface area contributed by atoms with Gasteiger partial charge in [0.05, 0.1) is 24.3 Å². The third kappa shape index (κ3) is 2.74. The van der Waals surface area contributed by atoms with E-state index in [1.54, 1.807) is 0 Å². The van der Waals surface area contributed by atoms with Crippen LogP contribution in [-0.4, -0.2) is 25.9 Å². The van der Waals surface area contributed by atoms with E-state index < -0.39 is 0 Å². The molecule has 0 aliphatic heterocycles. The molecule has 0 unspecified atom stereocenters. The zero-order valence-electron chi connectivity index (χ0n) is 10.6. The molecule has 2 aromatic heterocycles. The first kappa shape index (κ1) is 11.9. The number of nitrogens with one attached hydrogen (secondary N) is 1. The van der Waals surface area contributed by atoms with Crippen LogP contribution in [0.2, 0.25) is 0 Å². The lowest BCUT2D eigenvalue weighted by Crippen LogP contribution is -2.15. The van der Waals surface area contributed by atoms with Gasteiger partial charge in [0.2, 0.25) is 0 Å². The van der Waals surface area contributed by atoms with Gasteiger partial charge in [-0.2, -0.15) is 5.10 Å². The third-order valence-electron chi connectivity index (χ3n) is 2.81. The van der Waals surface area contributed by atoms with E-state index in [1.165, 1.54) is 11.3 Å². The molecule has 2 rings (SSSR count). The Balaban J connectivity index is 2.13. The molecule has 0 saturated carbocycles. The van der Waals surface area contributed by atoms with E-state index in [4.69, 9.17) is 0 Å². The van der Waals surface area contributed by atoms with Crippen molar-refractivity contribution in [2.75, 3.05) is 6.54 Å². The van der Waals surface area contributed by atoms with Crippen molar-refractivity contribution in [3.05, 3.63) is 35.7 Å². The predicted octanol–water partition coefficient (Wildman–Crippen LogP) is 1.08. The largest absolute Gasteiger partial charge is 0.329 e. The Kier molecular flexibility index (Phi) is 3.58. The summed E-state index contributed by atoms with van der Waals surface area (Å²) in [7, 11) is 1.95. The van der Waals surface area contributed by atoms with Crippen LogP contribution in [0.25, 0.3) is 0 Å². The Hall–Kier alpha value is -1.62. The summed E-state index contributed by atoms with van der Waals surface area (Å²) in [6, 6.07) is 0. The van der Waals surface area contributed by atoms with E-state index >= 15 is 0 Å². The van der Waals surface area contributed by atoms with Gasteiger partial charge in [-0.05, 0) is 13.5 Å². The van der Waals surface area contributed by atoms with Crippen LogP contribution in [0.4, 0.5) is 0 Å². The van der Waals surface area contributed by atoms with Crippen molar-refractivity contribution in [2.45, 2.75) is 26.9 Å². The number of aromatic nitrogens is 4. The Labute approximate surface area is 101 Å². The second-order valence-corrected chi connectivity index (χ2v) is 4.21. The van der Waals surface area contributed by atoms with Gasteiger partial charge < -0.3 is 9.88 Å². The van der Waals surface area contributed by atoms with Crippen molar-refractivity contribution in [3.8, 4) is 0 Å². The molecule has 2 aromatic rings. The van der Waals surface area contributed by atoms with Crippen LogP contribution in [0.15, 0.2) is 18.7 Å². The average molecular weight is 233 g/mol. The summed E-state index contributed by atoms with van der Waals surface area (Å²) in [6.07, 6.45) is 5.85. The summed E-state index contributed by atoms with van der Waals surface area (Å²) in [5.41, 5.74) is 3.52. The van der Waals surface area contributed by atoms with E-state index in [9.17, 15) is 0 Å². The molecular formula is C12H19N5. The first-order valence-electron chi connectivity index (χ1n) is 5.89. The van der Waals surface area contributed by atoms with E-state index in [1.807, 2.05) is 31.2 Å². The number of aryl methyl sites for hydroxylation is 2. The van der Waals surface area contributed by atoms with Gasteiger partial charge in [-0.25, -0.2) is 4.98 Å². The monoisotopic (exact) mass is 233 g/mol. The smallest absolute Gasteiger partial charge is 0.0951 e. The van der Waals surface area contributed by atoms with E-state index in [2.05, 4.69) is 33.1 Å². The minimum atomic E-state index is 0.834. The molecule has 5 heteroatoms. The van der Waals surface area contributed by atoms with Gasteiger partial charge >= 0.3 is 0 Å². The molecule has 17 heavy (non-hydrogen) atoms. The lowest BCUT2D eigenvalue weighted by Gasteiger charge is -2.07. The fraction of sp³-hybridized carbons (Fsp3) is 0.500. The maximum absolute atomic E-state index is 4.35. The van der Waals surface area contributed by atoms with Crippen molar-refractivity contribution >= 4 is 0 Å². The van der Waals surface area contributed by atoms with Crippen LogP contribution in [0.3, 0.4) is 0 Å². The quantitative estimate of drug-likeness (QED) is 0.840. The topological polar surface area (TPSA) is 47.7 Å². The Morgan fingerprint density at radius 3 is 2.88 bits per heavy atom. The van der Waals surface area contributed by atoms with E-state index in [-0.39, 0.29) is 0 Å². The van der Waals surface area contributed by atoms with Gasteiger partial charge in [-0.3, -0.25) is 4.68 Å². The van der Waals surface area contributed by atoms with Crippen LogP contribution in [0.5, 0.6) is 0 Å². The van der Waals surface area contributed by atoms with Crippen molar-refractivity contribution in [3.63, 3.8) is 0 Å². The first-order valence-corrected chi connectivity index (χ1v) is 5.89. The zero-order chi connectivity index (χ0) is 12.3. The number of rotatable bonds is 5. The lowest BCUT2D eigenvalue weighted by molar-refractivity contribution is 0.655. The van der Waals surface area contributed by atoms with Gasteiger partial charge in [0.15, 0.2) is 0 Å².